The summed E-state index contributed by atoms with van der Waals surface area (Å²) in [6, 6.07) is 3.67. The van der Waals surface area contributed by atoms with Crippen LogP contribution in [0.25, 0.3) is 0 Å². The summed E-state index contributed by atoms with van der Waals surface area (Å²) in [6.07, 6.45) is -0.274. The minimum atomic E-state index is -3.72. The molecule has 1 aromatic carbocycles. The molecule has 0 aromatic heterocycles. The first kappa shape index (κ1) is 13.4. The Morgan fingerprint density at radius 1 is 1.56 bits per heavy atom. The van der Waals surface area contributed by atoms with E-state index < -0.39 is 28.6 Å². The molecular formula is C9H10ClFO4S. The number of aliphatic hydroxyl groups is 1. The van der Waals surface area contributed by atoms with Gasteiger partial charge < -0.3 is 5.11 Å². The zero-order valence-electron chi connectivity index (χ0n) is 8.35. The molecule has 16 heavy (non-hydrogen) atoms. The van der Waals surface area contributed by atoms with E-state index in [0.717, 1.165) is 12.3 Å². The molecule has 0 radical (unpaired) electrons. The lowest BCUT2D eigenvalue weighted by molar-refractivity contribution is 0.123. The SMILES string of the molecule is CS(=O)(=O)O[C@@H](CO)c1ccc(Cl)c(F)c1. The highest BCUT2D eigenvalue weighted by atomic mass is 35.5. The Morgan fingerprint density at radius 3 is 2.62 bits per heavy atom. The van der Waals surface area contributed by atoms with Crippen molar-refractivity contribution < 1.29 is 22.1 Å². The van der Waals surface area contributed by atoms with Crippen molar-refractivity contribution in [2.24, 2.45) is 0 Å². The van der Waals surface area contributed by atoms with Gasteiger partial charge in [-0.3, -0.25) is 4.18 Å². The minimum Gasteiger partial charge on any atom is -0.393 e. The van der Waals surface area contributed by atoms with Crippen molar-refractivity contribution in [3.8, 4) is 0 Å². The van der Waals surface area contributed by atoms with Crippen molar-refractivity contribution in [2.45, 2.75) is 6.10 Å². The average Bonchev–Trinajstić information content (AvgIpc) is 2.17. The predicted molar refractivity (Wildman–Crippen MR) is 57.2 cm³/mol. The Hall–Kier alpha value is -0.690. The van der Waals surface area contributed by atoms with E-state index in [9.17, 15) is 12.8 Å². The van der Waals surface area contributed by atoms with E-state index in [1.165, 1.54) is 12.1 Å². The molecule has 1 N–H and O–H groups in total. The third kappa shape index (κ3) is 3.71. The van der Waals surface area contributed by atoms with Gasteiger partial charge in [0.2, 0.25) is 0 Å². The normalized spacial score (nSPS) is 13.8. The standard InChI is InChI=1S/C9H10ClFO4S/c1-16(13,14)15-9(5-12)6-2-3-7(10)8(11)4-6/h2-4,9,12H,5H2,1H3/t9-/m0/s1. The molecule has 0 saturated carbocycles. The monoisotopic (exact) mass is 268 g/mol. The van der Waals surface area contributed by atoms with E-state index in [0.29, 0.717) is 0 Å². The van der Waals surface area contributed by atoms with Crippen LogP contribution in [0.2, 0.25) is 5.02 Å². The van der Waals surface area contributed by atoms with Crippen molar-refractivity contribution in [3.63, 3.8) is 0 Å². The summed E-state index contributed by atoms with van der Waals surface area (Å²) in [5, 5.41) is 8.87. The van der Waals surface area contributed by atoms with Crippen LogP contribution < -0.4 is 0 Å². The highest BCUT2D eigenvalue weighted by molar-refractivity contribution is 7.86. The summed E-state index contributed by atoms with van der Waals surface area (Å²) < 4.78 is 39.4. The molecule has 0 saturated heterocycles. The summed E-state index contributed by atoms with van der Waals surface area (Å²) in [4.78, 5) is 0. The van der Waals surface area contributed by atoms with E-state index in [1.807, 2.05) is 0 Å². The van der Waals surface area contributed by atoms with Crippen LogP contribution in [-0.4, -0.2) is 26.4 Å². The van der Waals surface area contributed by atoms with Gasteiger partial charge in [-0.05, 0) is 17.7 Å². The quantitative estimate of drug-likeness (QED) is 0.841. The van der Waals surface area contributed by atoms with Gasteiger partial charge in [0.25, 0.3) is 10.1 Å². The topological polar surface area (TPSA) is 63.6 Å². The van der Waals surface area contributed by atoms with E-state index >= 15 is 0 Å². The highest BCUT2D eigenvalue weighted by Gasteiger charge is 2.18. The zero-order valence-corrected chi connectivity index (χ0v) is 9.93. The molecule has 0 fully saturated rings. The number of halogens is 2. The number of rotatable bonds is 4. The molecular weight excluding hydrogens is 259 g/mol. The van der Waals surface area contributed by atoms with Gasteiger partial charge in [-0.15, -0.1) is 0 Å². The maximum Gasteiger partial charge on any atom is 0.265 e. The number of hydrogen-bond acceptors (Lipinski definition) is 4. The molecule has 0 unspecified atom stereocenters. The smallest absolute Gasteiger partial charge is 0.265 e. The highest BCUT2D eigenvalue weighted by Crippen LogP contribution is 2.23. The van der Waals surface area contributed by atoms with Crippen LogP contribution in [-0.2, 0) is 14.3 Å². The van der Waals surface area contributed by atoms with Crippen LogP contribution >= 0.6 is 11.6 Å². The van der Waals surface area contributed by atoms with Crippen molar-refractivity contribution >= 4 is 21.7 Å². The van der Waals surface area contributed by atoms with Gasteiger partial charge in [0.05, 0.1) is 17.9 Å². The van der Waals surface area contributed by atoms with E-state index in [1.54, 1.807) is 0 Å². The van der Waals surface area contributed by atoms with Gasteiger partial charge in [-0.1, -0.05) is 17.7 Å². The van der Waals surface area contributed by atoms with E-state index in [-0.39, 0.29) is 10.6 Å². The second kappa shape index (κ2) is 5.09. The molecule has 0 heterocycles. The summed E-state index contributed by atoms with van der Waals surface area (Å²) in [7, 11) is -3.72. The molecule has 0 spiro atoms. The van der Waals surface area contributed by atoms with Crippen molar-refractivity contribution in [1.29, 1.82) is 0 Å². The molecule has 0 bridgehead atoms. The third-order valence-electron chi connectivity index (χ3n) is 1.77. The van der Waals surface area contributed by atoms with Crippen LogP contribution in [0.3, 0.4) is 0 Å². The maximum atomic E-state index is 13.1. The van der Waals surface area contributed by atoms with Crippen LogP contribution in [0.1, 0.15) is 11.7 Å². The number of hydrogen-bond donors (Lipinski definition) is 1. The first-order chi connectivity index (χ1) is 7.33. The van der Waals surface area contributed by atoms with Crippen molar-refractivity contribution in [3.05, 3.63) is 34.6 Å². The summed E-state index contributed by atoms with van der Waals surface area (Å²) in [5.74, 6) is -0.699. The Bertz CT molecular complexity index is 474. The molecule has 0 aliphatic rings. The predicted octanol–water partition coefficient (Wildman–Crippen LogP) is 1.49. The third-order valence-corrected chi connectivity index (χ3v) is 2.66. The molecule has 4 nitrogen and oxygen atoms in total. The lowest BCUT2D eigenvalue weighted by Gasteiger charge is -2.14. The van der Waals surface area contributed by atoms with Gasteiger partial charge in [-0.25, -0.2) is 4.39 Å². The Labute approximate surface area is 97.7 Å². The fraction of sp³-hybridized carbons (Fsp3) is 0.333. The molecule has 0 aliphatic heterocycles. The first-order valence-corrected chi connectivity index (χ1v) is 6.47. The Kier molecular flexibility index (Phi) is 4.26. The molecule has 1 rings (SSSR count). The lowest BCUT2D eigenvalue weighted by atomic mass is 10.1. The zero-order chi connectivity index (χ0) is 12.3. The van der Waals surface area contributed by atoms with Gasteiger partial charge in [0, 0.05) is 0 Å². The fourth-order valence-corrected chi connectivity index (χ4v) is 1.83. The fourth-order valence-electron chi connectivity index (χ4n) is 1.12. The molecule has 0 amide bonds. The summed E-state index contributed by atoms with van der Waals surface area (Å²) in [5.41, 5.74) is 0.204. The first-order valence-electron chi connectivity index (χ1n) is 4.27. The van der Waals surface area contributed by atoms with Crippen LogP contribution in [0, 0.1) is 5.82 Å². The Balaban J connectivity index is 3.00. The minimum absolute atomic E-state index is 0.0835. The van der Waals surface area contributed by atoms with Gasteiger partial charge in [0.1, 0.15) is 11.9 Å². The molecule has 1 atom stereocenters. The van der Waals surface area contributed by atoms with Gasteiger partial charge in [0.15, 0.2) is 0 Å². The number of aliphatic hydroxyl groups excluding tert-OH is 1. The maximum absolute atomic E-state index is 13.1. The summed E-state index contributed by atoms with van der Waals surface area (Å²) >= 11 is 5.47. The van der Waals surface area contributed by atoms with Crippen molar-refractivity contribution in [1.82, 2.24) is 0 Å². The average molecular weight is 269 g/mol. The van der Waals surface area contributed by atoms with Gasteiger partial charge in [-0.2, -0.15) is 8.42 Å². The molecule has 90 valence electrons. The van der Waals surface area contributed by atoms with E-state index in [2.05, 4.69) is 4.18 Å². The van der Waals surface area contributed by atoms with Crippen LogP contribution in [0.15, 0.2) is 18.2 Å². The second-order valence-electron chi connectivity index (χ2n) is 3.15. The Morgan fingerprint density at radius 2 is 2.19 bits per heavy atom. The largest absolute Gasteiger partial charge is 0.393 e. The number of benzene rings is 1. The molecule has 1 aromatic rings. The second-order valence-corrected chi connectivity index (χ2v) is 5.15. The van der Waals surface area contributed by atoms with Crippen LogP contribution in [0.5, 0.6) is 0 Å². The van der Waals surface area contributed by atoms with Crippen LogP contribution in [0.4, 0.5) is 4.39 Å². The van der Waals surface area contributed by atoms with Crippen molar-refractivity contribution in [2.75, 3.05) is 12.9 Å². The molecule has 0 aliphatic carbocycles. The summed E-state index contributed by atoms with van der Waals surface area (Å²) in [6.45, 7) is -0.575. The van der Waals surface area contributed by atoms with E-state index in [4.69, 9.17) is 16.7 Å². The molecule has 7 heteroatoms. The lowest BCUT2D eigenvalue weighted by Crippen LogP contribution is -2.14. The van der Waals surface area contributed by atoms with Gasteiger partial charge >= 0.3 is 0 Å².